The first-order chi connectivity index (χ1) is 8.31. The molecule has 92 valence electrons. The molecule has 0 bridgehead atoms. The molecule has 1 aromatic rings. The third-order valence-electron chi connectivity index (χ3n) is 2.77. The van der Waals surface area contributed by atoms with Gasteiger partial charge in [0.05, 0.1) is 32.4 Å². The Morgan fingerprint density at radius 1 is 1.53 bits per heavy atom. The van der Waals surface area contributed by atoms with E-state index in [4.69, 9.17) is 9.47 Å². The lowest BCUT2D eigenvalue weighted by Gasteiger charge is -2.26. The number of fused-ring (bicyclic) bond motifs is 1. The molecule has 4 heteroatoms. The molecule has 1 aliphatic heterocycles. The minimum Gasteiger partial charge on any atom is -0.465 e. The number of hydrogen-bond acceptors (Lipinski definition) is 4. The van der Waals surface area contributed by atoms with Crippen molar-refractivity contribution in [2.75, 3.05) is 19.8 Å². The van der Waals surface area contributed by atoms with E-state index in [9.17, 15) is 4.79 Å². The lowest BCUT2D eigenvalue weighted by Crippen LogP contribution is -2.34. The van der Waals surface area contributed by atoms with Gasteiger partial charge in [-0.25, -0.2) is 0 Å². The third-order valence-corrected chi connectivity index (χ3v) is 2.77. The highest BCUT2D eigenvalue weighted by Crippen LogP contribution is 2.23. The molecule has 1 atom stereocenters. The Balaban J connectivity index is 1.97. The molecular formula is C13H17NO3. The Bertz CT molecular complexity index is 392. The highest BCUT2D eigenvalue weighted by atomic mass is 16.5. The lowest BCUT2D eigenvalue weighted by atomic mass is 9.99. The summed E-state index contributed by atoms with van der Waals surface area (Å²) in [6, 6.07) is 8.19. The number of carbonyl (C=O) groups excluding carboxylic acids is 1. The van der Waals surface area contributed by atoms with Gasteiger partial charge >= 0.3 is 5.97 Å². The zero-order valence-electron chi connectivity index (χ0n) is 9.94. The number of benzene rings is 1. The van der Waals surface area contributed by atoms with Gasteiger partial charge in [0.25, 0.3) is 0 Å². The second kappa shape index (κ2) is 5.80. The molecule has 0 spiro atoms. The maximum atomic E-state index is 11.3. The van der Waals surface area contributed by atoms with Gasteiger partial charge in [-0.1, -0.05) is 24.3 Å². The molecule has 1 N–H and O–H groups in total. The van der Waals surface area contributed by atoms with Crippen LogP contribution in [0.15, 0.2) is 24.3 Å². The molecule has 0 fully saturated rings. The molecule has 0 radical (unpaired) electrons. The minimum atomic E-state index is -0.226. The predicted octanol–water partition coefficient (Wildman–Crippen LogP) is 1.41. The summed E-state index contributed by atoms with van der Waals surface area (Å²) < 4.78 is 10.4. The average Bonchev–Trinajstić information content (AvgIpc) is 2.36. The highest BCUT2D eigenvalue weighted by Gasteiger charge is 2.20. The Kier molecular flexibility index (Phi) is 4.12. The van der Waals surface area contributed by atoms with Crippen molar-refractivity contribution in [1.29, 1.82) is 0 Å². The van der Waals surface area contributed by atoms with E-state index in [1.165, 1.54) is 11.1 Å². The number of esters is 1. The first kappa shape index (κ1) is 12.1. The molecule has 0 saturated heterocycles. The fourth-order valence-corrected chi connectivity index (χ4v) is 1.97. The summed E-state index contributed by atoms with van der Waals surface area (Å²) in [5.74, 6) is -0.226. The topological polar surface area (TPSA) is 47.6 Å². The van der Waals surface area contributed by atoms with Gasteiger partial charge in [-0.15, -0.1) is 0 Å². The second-order valence-electron chi connectivity index (χ2n) is 3.95. The van der Waals surface area contributed by atoms with Crippen LogP contribution in [0.2, 0.25) is 0 Å². The molecule has 1 unspecified atom stereocenters. The summed E-state index contributed by atoms with van der Waals surface area (Å²) >= 11 is 0. The highest BCUT2D eigenvalue weighted by molar-refractivity contribution is 5.71. The maximum Gasteiger partial charge on any atom is 0.319 e. The van der Waals surface area contributed by atoms with Crippen molar-refractivity contribution < 1.29 is 14.3 Å². The Labute approximate surface area is 101 Å². The lowest BCUT2D eigenvalue weighted by molar-refractivity contribution is -0.142. The Morgan fingerprint density at radius 3 is 3.18 bits per heavy atom. The third kappa shape index (κ3) is 3.05. The zero-order chi connectivity index (χ0) is 12.1. The van der Waals surface area contributed by atoms with Crippen LogP contribution in [0.5, 0.6) is 0 Å². The monoisotopic (exact) mass is 235 g/mol. The van der Waals surface area contributed by atoms with E-state index >= 15 is 0 Å². The van der Waals surface area contributed by atoms with Gasteiger partial charge in [0, 0.05) is 0 Å². The van der Waals surface area contributed by atoms with Crippen LogP contribution in [-0.2, 0) is 20.9 Å². The van der Waals surface area contributed by atoms with Crippen LogP contribution in [0.4, 0.5) is 0 Å². The summed E-state index contributed by atoms with van der Waals surface area (Å²) in [5.41, 5.74) is 2.39. The van der Waals surface area contributed by atoms with Crippen molar-refractivity contribution in [3.63, 3.8) is 0 Å². The van der Waals surface area contributed by atoms with E-state index in [0.717, 1.165) is 0 Å². The normalized spacial score (nSPS) is 18.5. The van der Waals surface area contributed by atoms with Gasteiger partial charge in [-0.05, 0) is 18.1 Å². The van der Waals surface area contributed by atoms with Crippen molar-refractivity contribution in [3.8, 4) is 0 Å². The van der Waals surface area contributed by atoms with Crippen molar-refractivity contribution in [1.82, 2.24) is 5.32 Å². The maximum absolute atomic E-state index is 11.3. The molecule has 17 heavy (non-hydrogen) atoms. The first-order valence-electron chi connectivity index (χ1n) is 5.85. The van der Waals surface area contributed by atoms with Gasteiger partial charge in [0.15, 0.2) is 0 Å². The number of rotatable bonds is 4. The predicted molar refractivity (Wildman–Crippen MR) is 63.5 cm³/mol. The van der Waals surface area contributed by atoms with Crippen LogP contribution >= 0.6 is 0 Å². The van der Waals surface area contributed by atoms with Gasteiger partial charge in [0.1, 0.15) is 0 Å². The van der Waals surface area contributed by atoms with Crippen molar-refractivity contribution in [3.05, 3.63) is 35.4 Å². The zero-order valence-corrected chi connectivity index (χ0v) is 9.94. The van der Waals surface area contributed by atoms with Gasteiger partial charge < -0.3 is 9.47 Å². The molecule has 0 aliphatic carbocycles. The molecule has 0 aromatic heterocycles. The second-order valence-corrected chi connectivity index (χ2v) is 3.95. The average molecular weight is 235 g/mol. The molecular weight excluding hydrogens is 218 g/mol. The van der Waals surface area contributed by atoms with Crippen LogP contribution < -0.4 is 5.32 Å². The summed E-state index contributed by atoms with van der Waals surface area (Å²) in [4.78, 5) is 11.3. The SMILES string of the molecule is CCOC(=O)CNC1COCc2ccccc21. The van der Waals surface area contributed by atoms with E-state index in [1.54, 1.807) is 6.92 Å². The fraction of sp³-hybridized carbons (Fsp3) is 0.462. The summed E-state index contributed by atoms with van der Waals surface area (Å²) in [7, 11) is 0. The molecule has 0 amide bonds. The van der Waals surface area contributed by atoms with Crippen molar-refractivity contribution >= 4 is 5.97 Å². The molecule has 4 nitrogen and oxygen atoms in total. The van der Waals surface area contributed by atoms with Crippen molar-refractivity contribution in [2.45, 2.75) is 19.6 Å². The number of carbonyl (C=O) groups is 1. The van der Waals surface area contributed by atoms with Crippen LogP contribution in [0, 0.1) is 0 Å². The van der Waals surface area contributed by atoms with E-state index in [0.29, 0.717) is 19.8 Å². The first-order valence-corrected chi connectivity index (χ1v) is 5.85. The molecule has 1 heterocycles. The number of hydrogen-bond donors (Lipinski definition) is 1. The smallest absolute Gasteiger partial charge is 0.319 e. The summed E-state index contributed by atoms with van der Waals surface area (Å²) in [5, 5.41) is 3.16. The largest absolute Gasteiger partial charge is 0.465 e. The van der Waals surface area contributed by atoms with Crippen LogP contribution in [0.1, 0.15) is 24.1 Å². The number of nitrogens with one attached hydrogen (secondary N) is 1. The van der Waals surface area contributed by atoms with E-state index in [2.05, 4.69) is 11.4 Å². The van der Waals surface area contributed by atoms with Gasteiger partial charge in [-0.3, -0.25) is 10.1 Å². The molecule has 0 saturated carbocycles. The van der Waals surface area contributed by atoms with E-state index < -0.39 is 0 Å². The van der Waals surface area contributed by atoms with Crippen LogP contribution in [0.25, 0.3) is 0 Å². The minimum absolute atomic E-state index is 0.0735. The molecule has 2 rings (SSSR count). The van der Waals surface area contributed by atoms with E-state index in [1.807, 2.05) is 18.2 Å². The van der Waals surface area contributed by atoms with Crippen LogP contribution in [-0.4, -0.2) is 25.7 Å². The number of ether oxygens (including phenoxy) is 2. The van der Waals surface area contributed by atoms with E-state index in [-0.39, 0.29) is 18.6 Å². The molecule has 1 aliphatic rings. The fourth-order valence-electron chi connectivity index (χ4n) is 1.97. The van der Waals surface area contributed by atoms with Crippen molar-refractivity contribution in [2.24, 2.45) is 0 Å². The quantitative estimate of drug-likeness (QED) is 0.802. The van der Waals surface area contributed by atoms with Gasteiger partial charge in [-0.2, -0.15) is 0 Å². The summed E-state index contributed by atoms with van der Waals surface area (Å²) in [6.07, 6.45) is 0. The Hall–Kier alpha value is -1.39. The van der Waals surface area contributed by atoms with Crippen LogP contribution in [0.3, 0.4) is 0 Å². The molecule has 1 aromatic carbocycles. The summed E-state index contributed by atoms with van der Waals surface area (Å²) in [6.45, 7) is 3.68. The Morgan fingerprint density at radius 2 is 2.35 bits per heavy atom. The standard InChI is InChI=1S/C13H17NO3/c1-2-17-13(15)7-14-12-9-16-8-10-5-3-4-6-11(10)12/h3-6,12,14H,2,7-9H2,1H3. The van der Waals surface area contributed by atoms with Gasteiger partial charge in [0.2, 0.25) is 0 Å².